The van der Waals surface area contributed by atoms with Crippen molar-refractivity contribution in [2.75, 3.05) is 6.54 Å². The summed E-state index contributed by atoms with van der Waals surface area (Å²) in [7, 11) is 0. The van der Waals surface area contributed by atoms with Gasteiger partial charge in [0.2, 0.25) is 5.91 Å². The summed E-state index contributed by atoms with van der Waals surface area (Å²) in [6.45, 7) is 4.76. The fraction of sp³-hybridized carbons (Fsp3) is 0.889. The number of nitrogens with zero attached hydrogens (tertiary/aromatic N) is 1. The molecule has 0 radical (unpaired) electrons. The third kappa shape index (κ3) is 1.97. The standard InChI is InChI=1S/C9H18N2O/c1-3-8-5-4-7(2)11(8)6-9(10)12/h7-8H,3-6H2,1-2H3,(H2,10,12). The lowest BCUT2D eigenvalue weighted by Gasteiger charge is -2.25. The van der Waals surface area contributed by atoms with E-state index in [1.54, 1.807) is 0 Å². The summed E-state index contributed by atoms with van der Waals surface area (Å²) < 4.78 is 0. The number of carbonyl (C=O) groups excluding carboxylic acids is 1. The Morgan fingerprint density at radius 1 is 1.58 bits per heavy atom. The molecule has 12 heavy (non-hydrogen) atoms. The summed E-state index contributed by atoms with van der Waals surface area (Å²) in [6.07, 6.45) is 3.54. The van der Waals surface area contributed by atoms with Crippen molar-refractivity contribution in [2.24, 2.45) is 5.73 Å². The molecule has 0 saturated carbocycles. The van der Waals surface area contributed by atoms with Gasteiger partial charge in [-0.05, 0) is 26.2 Å². The Hall–Kier alpha value is -0.570. The van der Waals surface area contributed by atoms with Crippen molar-refractivity contribution < 1.29 is 4.79 Å². The first-order chi connectivity index (χ1) is 5.65. The number of carbonyl (C=O) groups is 1. The molecule has 1 amide bonds. The number of nitrogens with two attached hydrogens (primary N) is 1. The number of likely N-dealkylation sites (tertiary alicyclic amines) is 1. The molecule has 0 aromatic carbocycles. The maximum atomic E-state index is 10.7. The molecule has 2 N–H and O–H groups in total. The lowest BCUT2D eigenvalue weighted by molar-refractivity contribution is -0.119. The molecule has 0 aromatic heterocycles. The average Bonchev–Trinajstić information content (AvgIpc) is 2.32. The Balaban J connectivity index is 2.51. The van der Waals surface area contributed by atoms with Gasteiger partial charge in [0.05, 0.1) is 6.54 Å². The smallest absolute Gasteiger partial charge is 0.231 e. The minimum atomic E-state index is -0.206. The van der Waals surface area contributed by atoms with Crippen LogP contribution in [-0.4, -0.2) is 29.4 Å². The van der Waals surface area contributed by atoms with E-state index in [0.29, 0.717) is 18.6 Å². The van der Waals surface area contributed by atoms with Crippen LogP contribution in [-0.2, 0) is 4.79 Å². The maximum Gasteiger partial charge on any atom is 0.231 e. The van der Waals surface area contributed by atoms with E-state index in [1.807, 2.05) is 0 Å². The molecule has 2 unspecified atom stereocenters. The molecule has 1 heterocycles. The summed E-state index contributed by atoms with van der Waals surface area (Å²) in [6, 6.07) is 1.11. The largest absolute Gasteiger partial charge is 0.369 e. The molecule has 0 aliphatic carbocycles. The lowest BCUT2D eigenvalue weighted by atomic mass is 10.1. The number of hydrogen-bond donors (Lipinski definition) is 1. The van der Waals surface area contributed by atoms with Gasteiger partial charge in [-0.1, -0.05) is 6.92 Å². The average molecular weight is 170 g/mol. The number of amides is 1. The molecule has 1 fully saturated rings. The molecule has 0 spiro atoms. The molecule has 0 aromatic rings. The van der Waals surface area contributed by atoms with Crippen LogP contribution < -0.4 is 5.73 Å². The zero-order valence-corrected chi connectivity index (χ0v) is 7.92. The van der Waals surface area contributed by atoms with Crippen LogP contribution in [0.15, 0.2) is 0 Å². The van der Waals surface area contributed by atoms with Crippen LogP contribution in [0.5, 0.6) is 0 Å². The number of rotatable bonds is 3. The molecule has 2 atom stereocenters. The highest BCUT2D eigenvalue weighted by atomic mass is 16.1. The Morgan fingerprint density at radius 3 is 2.75 bits per heavy atom. The second-order valence-electron chi connectivity index (χ2n) is 3.63. The van der Waals surface area contributed by atoms with Crippen LogP contribution in [0.2, 0.25) is 0 Å². The van der Waals surface area contributed by atoms with Gasteiger partial charge in [-0.3, -0.25) is 9.69 Å². The minimum absolute atomic E-state index is 0.206. The molecule has 1 rings (SSSR count). The Bertz CT molecular complexity index is 170. The quantitative estimate of drug-likeness (QED) is 0.679. The van der Waals surface area contributed by atoms with Crippen molar-refractivity contribution in [3.05, 3.63) is 0 Å². The van der Waals surface area contributed by atoms with Crippen molar-refractivity contribution in [1.82, 2.24) is 4.90 Å². The predicted octanol–water partition coefficient (Wildman–Crippen LogP) is 0.735. The topological polar surface area (TPSA) is 46.3 Å². The second-order valence-corrected chi connectivity index (χ2v) is 3.63. The molecule has 3 heteroatoms. The third-order valence-corrected chi connectivity index (χ3v) is 2.76. The SMILES string of the molecule is CCC1CCC(C)N1CC(N)=O. The van der Waals surface area contributed by atoms with Crippen molar-refractivity contribution >= 4 is 5.91 Å². The van der Waals surface area contributed by atoms with Gasteiger partial charge in [-0.2, -0.15) is 0 Å². The Morgan fingerprint density at radius 2 is 2.25 bits per heavy atom. The highest BCUT2D eigenvalue weighted by Crippen LogP contribution is 2.24. The lowest BCUT2D eigenvalue weighted by Crippen LogP contribution is -2.40. The summed E-state index contributed by atoms with van der Waals surface area (Å²) in [5.41, 5.74) is 5.17. The van der Waals surface area contributed by atoms with Crippen molar-refractivity contribution in [1.29, 1.82) is 0 Å². The van der Waals surface area contributed by atoms with E-state index in [1.165, 1.54) is 12.8 Å². The van der Waals surface area contributed by atoms with Crippen molar-refractivity contribution in [3.8, 4) is 0 Å². The van der Waals surface area contributed by atoms with Gasteiger partial charge in [-0.15, -0.1) is 0 Å². The molecule has 1 saturated heterocycles. The van der Waals surface area contributed by atoms with E-state index in [4.69, 9.17) is 5.73 Å². The summed E-state index contributed by atoms with van der Waals surface area (Å²) in [4.78, 5) is 13.0. The highest BCUT2D eigenvalue weighted by Gasteiger charge is 2.29. The molecule has 0 bridgehead atoms. The molecule has 1 aliphatic heterocycles. The van der Waals surface area contributed by atoms with E-state index in [2.05, 4.69) is 18.7 Å². The fourth-order valence-corrected chi connectivity index (χ4v) is 2.03. The van der Waals surface area contributed by atoms with Crippen LogP contribution in [0.3, 0.4) is 0 Å². The van der Waals surface area contributed by atoms with Crippen LogP contribution in [0.1, 0.15) is 33.1 Å². The van der Waals surface area contributed by atoms with Crippen molar-refractivity contribution in [3.63, 3.8) is 0 Å². The van der Waals surface area contributed by atoms with Gasteiger partial charge in [0.1, 0.15) is 0 Å². The fourth-order valence-electron chi connectivity index (χ4n) is 2.03. The minimum Gasteiger partial charge on any atom is -0.369 e. The molecule has 70 valence electrons. The first-order valence-corrected chi connectivity index (χ1v) is 4.69. The van der Waals surface area contributed by atoms with Gasteiger partial charge < -0.3 is 5.73 Å². The van der Waals surface area contributed by atoms with E-state index in [9.17, 15) is 4.79 Å². The van der Waals surface area contributed by atoms with Gasteiger partial charge in [0.25, 0.3) is 0 Å². The zero-order valence-electron chi connectivity index (χ0n) is 7.92. The number of primary amides is 1. The van der Waals surface area contributed by atoms with E-state index in [-0.39, 0.29) is 5.91 Å². The van der Waals surface area contributed by atoms with Crippen LogP contribution in [0, 0.1) is 0 Å². The predicted molar refractivity (Wildman–Crippen MR) is 48.7 cm³/mol. The molecular formula is C9H18N2O. The van der Waals surface area contributed by atoms with Crippen LogP contribution in [0.4, 0.5) is 0 Å². The first kappa shape index (κ1) is 9.52. The zero-order chi connectivity index (χ0) is 9.14. The third-order valence-electron chi connectivity index (χ3n) is 2.76. The highest BCUT2D eigenvalue weighted by molar-refractivity contribution is 5.76. The molecule has 1 aliphatic rings. The van der Waals surface area contributed by atoms with E-state index >= 15 is 0 Å². The second kappa shape index (κ2) is 3.90. The summed E-state index contributed by atoms with van der Waals surface area (Å²) >= 11 is 0. The Labute approximate surface area is 73.9 Å². The molecule has 3 nitrogen and oxygen atoms in total. The Kier molecular flexibility index (Phi) is 3.09. The summed E-state index contributed by atoms with van der Waals surface area (Å²) in [5, 5.41) is 0. The van der Waals surface area contributed by atoms with Gasteiger partial charge >= 0.3 is 0 Å². The van der Waals surface area contributed by atoms with E-state index < -0.39 is 0 Å². The monoisotopic (exact) mass is 170 g/mol. The maximum absolute atomic E-state index is 10.7. The first-order valence-electron chi connectivity index (χ1n) is 4.69. The molecular weight excluding hydrogens is 152 g/mol. The number of hydrogen-bond acceptors (Lipinski definition) is 2. The van der Waals surface area contributed by atoms with Crippen molar-refractivity contribution in [2.45, 2.75) is 45.2 Å². The van der Waals surface area contributed by atoms with Crippen LogP contribution in [0.25, 0.3) is 0 Å². The van der Waals surface area contributed by atoms with Gasteiger partial charge in [0, 0.05) is 12.1 Å². The normalized spacial score (nSPS) is 30.8. The van der Waals surface area contributed by atoms with Crippen LogP contribution >= 0.6 is 0 Å². The summed E-state index contributed by atoms with van der Waals surface area (Å²) in [5.74, 6) is -0.206. The van der Waals surface area contributed by atoms with Gasteiger partial charge in [0.15, 0.2) is 0 Å². The van der Waals surface area contributed by atoms with E-state index in [0.717, 1.165) is 6.42 Å². The van der Waals surface area contributed by atoms with Gasteiger partial charge in [-0.25, -0.2) is 0 Å².